The van der Waals surface area contributed by atoms with Crippen LogP contribution in [0.4, 0.5) is 0 Å². The Morgan fingerprint density at radius 1 is 1.42 bits per heavy atom. The summed E-state index contributed by atoms with van der Waals surface area (Å²) in [7, 11) is 0. The lowest BCUT2D eigenvalue weighted by Crippen LogP contribution is -2.41. The van der Waals surface area contributed by atoms with Gasteiger partial charge in [-0.1, -0.05) is 19.9 Å². The second-order valence-corrected chi connectivity index (χ2v) is 4.69. The number of hydrogen-bond acceptors (Lipinski definition) is 3. The number of carboxylic acids is 1. The van der Waals surface area contributed by atoms with Crippen LogP contribution in [0.25, 0.3) is 0 Å². The molecule has 0 saturated heterocycles. The van der Waals surface area contributed by atoms with Crippen molar-refractivity contribution in [3.8, 4) is 6.07 Å². The third-order valence-corrected chi connectivity index (χ3v) is 2.56. The number of carboxylic acid groups (broad SMARTS) is 1. The Morgan fingerprint density at radius 3 is 2.63 bits per heavy atom. The second-order valence-electron chi connectivity index (χ2n) is 4.69. The number of amides is 1. The van der Waals surface area contributed by atoms with E-state index in [1.807, 2.05) is 19.9 Å². The molecule has 0 radical (unpaired) electrons. The molecule has 1 aromatic carbocycles. The molecule has 1 atom stereocenters. The van der Waals surface area contributed by atoms with E-state index in [0.717, 1.165) is 0 Å². The quantitative estimate of drug-likeness (QED) is 0.844. The number of nitrogens with one attached hydrogen (secondary N) is 1. The molecule has 0 fully saturated rings. The van der Waals surface area contributed by atoms with Gasteiger partial charge in [-0.15, -0.1) is 0 Å². The fourth-order valence-electron chi connectivity index (χ4n) is 1.66. The molecule has 0 aliphatic heterocycles. The number of carbonyl (C=O) groups excluding carboxylic acids is 1. The lowest BCUT2D eigenvalue weighted by Gasteiger charge is -2.16. The highest BCUT2D eigenvalue weighted by Crippen LogP contribution is 2.08. The minimum Gasteiger partial charge on any atom is -0.480 e. The first-order valence-corrected chi connectivity index (χ1v) is 5.98. The zero-order valence-corrected chi connectivity index (χ0v) is 10.9. The molecule has 0 unspecified atom stereocenters. The van der Waals surface area contributed by atoms with E-state index >= 15 is 0 Å². The average Bonchev–Trinajstić information content (AvgIpc) is 2.37. The molecule has 19 heavy (non-hydrogen) atoms. The summed E-state index contributed by atoms with van der Waals surface area (Å²) in [5.41, 5.74) is 0.650. The van der Waals surface area contributed by atoms with Crippen molar-refractivity contribution in [2.24, 2.45) is 5.92 Å². The SMILES string of the molecule is CC(C)C[C@@H](NC(=O)c1cccc(C#N)c1)C(=O)O. The van der Waals surface area contributed by atoms with Crippen LogP contribution in [-0.2, 0) is 4.79 Å². The molecule has 0 aliphatic carbocycles. The monoisotopic (exact) mass is 260 g/mol. The van der Waals surface area contributed by atoms with E-state index in [1.165, 1.54) is 6.07 Å². The molecule has 0 bridgehead atoms. The fraction of sp³-hybridized carbons (Fsp3) is 0.357. The standard InChI is InChI=1S/C14H16N2O3/c1-9(2)6-12(14(18)19)16-13(17)11-5-3-4-10(7-11)8-15/h3-5,7,9,12H,6H2,1-2H3,(H,16,17)(H,18,19)/t12-/m1/s1. The van der Waals surface area contributed by atoms with E-state index in [9.17, 15) is 9.59 Å². The maximum Gasteiger partial charge on any atom is 0.326 e. The van der Waals surface area contributed by atoms with Gasteiger partial charge in [0.25, 0.3) is 5.91 Å². The molecule has 0 saturated carbocycles. The summed E-state index contributed by atoms with van der Waals surface area (Å²) in [6, 6.07) is 7.17. The van der Waals surface area contributed by atoms with Crippen LogP contribution >= 0.6 is 0 Å². The highest BCUT2D eigenvalue weighted by atomic mass is 16.4. The number of rotatable bonds is 5. The van der Waals surface area contributed by atoms with Crippen molar-refractivity contribution in [1.82, 2.24) is 5.32 Å². The number of benzene rings is 1. The van der Waals surface area contributed by atoms with Crippen LogP contribution in [0.1, 0.15) is 36.2 Å². The topological polar surface area (TPSA) is 90.2 Å². The molecule has 0 aromatic heterocycles. The van der Waals surface area contributed by atoms with Crippen LogP contribution in [0.15, 0.2) is 24.3 Å². The number of carbonyl (C=O) groups is 2. The van der Waals surface area contributed by atoms with Crippen LogP contribution in [0.2, 0.25) is 0 Å². The summed E-state index contributed by atoms with van der Waals surface area (Å²) in [6.45, 7) is 3.77. The van der Waals surface area contributed by atoms with Gasteiger partial charge in [-0.25, -0.2) is 4.79 Å². The van der Waals surface area contributed by atoms with E-state index in [4.69, 9.17) is 10.4 Å². The lowest BCUT2D eigenvalue weighted by molar-refractivity contribution is -0.139. The van der Waals surface area contributed by atoms with Crippen LogP contribution in [0.5, 0.6) is 0 Å². The minimum absolute atomic E-state index is 0.159. The Bertz CT molecular complexity index is 518. The molecular weight excluding hydrogens is 244 g/mol. The van der Waals surface area contributed by atoms with Gasteiger partial charge >= 0.3 is 5.97 Å². The van der Waals surface area contributed by atoms with Crippen molar-refractivity contribution in [3.05, 3.63) is 35.4 Å². The first kappa shape index (κ1) is 14.7. The Morgan fingerprint density at radius 2 is 2.11 bits per heavy atom. The van der Waals surface area contributed by atoms with Gasteiger partial charge in [0.2, 0.25) is 0 Å². The predicted molar refractivity (Wildman–Crippen MR) is 69.5 cm³/mol. The van der Waals surface area contributed by atoms with Crippen molar-refractivity contribution in [1.29, 1.82) is 5.26 Å². The van der Waals surface area contributed by atoms with Crippen LogP contribution in [0.3, 0.4) is 0 Å². The van der Waals surface area contributed by atoms with E-state index in [2.05, 4.69) is 5.32 Å². The van der Waals surface area contributed by atoms with Gasteiger partial charge in [0.15, 0.2) is 0 Å². The van der Waals surface area contributed by atoms with Gasteiger partial charge in [-0.2, -0.15) is 5.26 Å². The van der Waals surface area contributed by atoms with Crippen molar-refractivity contribution < 1.29 is 14.7 Å². The maximum atomic E-state index is 11.9. The van der Waals surface area contributed by atoms with Gasteiger partial charge in [0, 0.05) is 5.56 Å². The smallest absolute Gasteiger partial charge is 0.326 e. The van der Waals surface area contributed by atoms with E-state index in [0.29, 0.717) is 12.0 Å². The number of nitrogens with zero attached hydrogens (tertiary/aromatic N) is 1. The summed E-state index contributed by atoms with van der Waals surface area (Å²) in [5.74, 6) is -1.38. The molecule has 1 amide bonds. The Hall–Kier alpha value is -2.35. The molecule has 5 heteroatoms. The lowest BCUT2D eigenvalue weighted by atomic mass is 10.0. The van der Waals surface area contributed by atoms with Gasteiger partial charge < -0.3 is 10.4 Å². The van der Waals surface area contributed by atoms with E-state index in [1.54, 1.807) is 18.2 Å². The Labute approximate surface area is 111 Å². The van der Waals surface area contributed by atoms with Crippen molar-refractivity contribution >= 4 is 11.9 Å². The summed E-state index contributed by atoms with van der Waals surface area (Å²) >= 11 is 0. The molecule has 5 nitrogen and oxygen atoms in total. The Balaban J connectivity index is 2.82. The first-order valence-electron chi connectivity index (χ1n) is 5.98. The van der Waals surface area contributed by atoms with Crippen molar-refractivity contribution in [2.45, 2.75) is 26.3 Å². The maximum absolute atomic E-state index is 11.9. The molecule has 1 rings (SSSR count). The number of hydrogen-bond donors (Lipinski definition) is 2. The van der Waals surface area contributed by atoms with E-state index < -0.39 is 17.9 Å². The van der Waals surface area contributed by atoms with E-state index in [-0.39, 0.29) is 11.5 Å². The van der Waals surface area contributed by atoms with Gasteiger partial charge in [0.1, 0.15) is 6.04 Å². The molecule has 0 heterocycles. The fourth-order valence-corrected chi connectivity index (χ4v) is 1.66. The zero-order chi connectivity index (χ0) is 14.4. The summed E-state index contributed by atoms with van der Waals surface area (Å²) in [6.07, 6.45) is 0.360. The highest BCUT2D eigenvalue weighted by Gasteiger charge is 2.21. The number of aliphatic carboxylic acids is 1. The molecule has 100 valence electrons. The van der Waals surface area contributed by atoms with Crippen molar-refractivity contribution in [2.75, 3.05) is 0 Å². The summed E-state index contributed by atoms with van der Waals surface area (Å²) < 4.78 is 0. The van der Waals surface area contributed by atoms with Crippen LogP contribution < -0.4 is 5.32 Å². The van der Waals surface area contributed by atoms with Gasteiger partial charge in [0.05, 0.1) is 11.6 Å². The summed E-state index contributed by atoms with van der Waals surface area (Å²) in [4.78, 5) is 23.0. The normalized spacial score (nSPS) is 11.7. The third-order valence-electron chi connectivity index (χ3n) is 2.56. The first-order chi connectivity index (χ1) is 8.93. The molecule has 0 aliphatic rings. The Kier molecular flexibility index (Phi) is 5.07. The number of nitriles is 1. The van der Waals surface area contributed by atoms with Crippen molar-refractivity contribution in [3.63, 3.8) is 0 Å². The average molecular weight is 260 g/mol. The second kappa shape index (κ2) is 6.55. The minimum atomic E-state index is -1.06. The molecule has 2 N–H and O–H groups in total. The predicted octanol–water partition coefficient (Wildman–Crippen LogP) is 1.79. The van der Waals surface area contributed by atoms with Gasteiger partial charge in [-0.3, -0.25) is 4.79 Å². The largest absolute Gasteiger partial charge is 0.480 e. The van der Waals surface area contributed by atoms with Crippen LogP contribution in [-0.4, -0.2) is 23.0 Å². The molecule has 0 spiro atoms. The van der Waals surface area contributed by atoms with Gasteiger partial charge in [-0.05, 0) is 30.5 Å². The molecule has 1 aromatic rings. The summed E-state index contributed by atoms with van der Waals surface area (Å²) in [5, 5.41) is 20.3. The van der Waals surface area contributed by atoms with Crippen LogP contribution in [0, 0.1) is 17.2 Å². The third kappa shape index (κ3) is 4.43. The molecular formula is C14H16N2O3. The highest BCUT2D eigenvalue weighted by molar-refractivity contribution is 5.96. The zero-order valence-electron chi connectivity index (χ0n) is 10.9.